The Morgan fingerprint density at radius 3 is 2.48 bits per heavy atom. The molecule has 0 unspecified atom stereocenters. The number of aryl methyl sites for hydroxylation is 2. The molecule has 0 atom stereocenters. The van der Waals surface area contributed by atoms with Crippen molar-refractivity contribution in [2.75, 3.05) is 27.4 Å². The molecule has 0 bridgehead atoms. The zero-order valence-electron chi connectivity index (χ0n) is 15.0. The van der Waals surface area contributed by atoms with E-state index in [0.29, 0.717) is 12.4 Å². The average Bonchev–Trinajstić information content (AvgIpc) is 2.61. The van der Waals surface area contributed by atoms with Crippen molar-refractivity contribution in [1.82, 2.24) is 9.29 Å². The van der Waals surface area contributed by atoms with E-state index >= 15 is 0 Å². The summed E-state index contributed by atoms with van der Waals surface area (Å²) >= 11 is 0. The summed E-state index contributed by atoms with van der Waals surface area (Å²) in [7, 11) is -0.730. The van der Waals surface area contributed by atoms with Gasteiger partial charge in [0.2, 0.25) is 10.0 Å². The van der Waals surface area contributed by atoms with Crippen molar-refractivity contribution in [2.45, 2.75) is 25.3 Å². The van der Waals surface area contributed by atoms with Crippen LogP contribution in [0.1, 0.15) is 16.7 Å². The van der Waals surface area contributed by atoms with Gasteiger partial charge in [0.15, 0.2) is 0 Å². The van der Waals surface area contributed by atoms with Crippen LogP contribution in [0.2, 0.25) is 0 Å². The van der Waals surface area contributed by atoms with Crippen molar-refractivity contribution < 1.29 is 17.9 Å². The lowest BCUT2D eigenvalue weighted by Gasteiger charge is -2.23. The molecule has 1 aromatic heterocycles. The molecule has 0 aliphatic heterocycles. The number of hydrogen-bond acceptors (Lipinski definition) is 5. The summed E-state index contributed by atoms with van der Waals surface area (Å²) < 4.78 is 38.3. The van der Waals surface area contributed by atoms with Crippen molar-refractivity contribution in [3.63, 3.8) is 0 Å². The Kier molecular flexibility index (Phi) is 6.52. The van der Waals surface area contributed by atoms with Crippen molar-refractivity contribution in [3.8, 4) is 5.75 Å². The molecule has 0 fully saturated rings. The van der Waals surface area contributed by atoms with E-state index in [1.807, 2.05) is 19.9 Å². The van der Waals surface area contributed by atoms with Crippen LogP contribution in [0.4, 0.5) is 0 Å². The molecule has 0 saturated carbocycles. The maximum atomic E-state index is 13.3. The van der Waals surface area contributed by atoms with Crippen molar-refractivity contribution in [2.24, 2.45) is 0 Å². The van der Waals surface area contributed by atoms with Crippen LogP contribution in [0.3, 0.4) is 0 Å². The smallest absolute Gasteiger partial charge is 0.247 e. The predicted molar refractivity (Wildman–Crippen MR) is 96.2 cm³/mol. The van der Waals surface area contributed by atoms with Gasteiger partial charge < -0.3 is 9.47 Å². The second-order valence-electron chi connectivity index (χ2n) is 5.78. The average molecular weight is 364 g/mol. The first-order valence-electron chi connectivity index (χ1n) is 7.93. The number of aromatic nitrogens is 1. The summed E-state index contributed by atoms with van der Waals surface area (Å²) in [6, 6.07) is 7.04. The lowest BCUT2D eigenvalue weighted by atomic mass is 10.1. The lowest BCUT2D eigenvalue weighted by Crippen LogP contribution is -2.34. The van der Waals surface area contributed by atoms with Gasteiger partial charge >= 0.3 is 0 Å². The third kappa shape index (κ3) is 4.56. The predicted octanol–water partition coefficient (Wildman–Crippen LogP) is 2.54. The highest BCUT2D eigenvalue weighted by Gasteiger charge is 2.28. The van der Waals surface area contributed by atoms with Crippen molar-refractivity contribution in [1.29, 1.82) is 0 Å². The third-order valence-electron chi connectivity index (χ3n) is 4.02. The van der Waals surface area contributed by atoms with Crippen LogP contribution < -0.4 is 4.74 Å². The van der Waals surface area contributed by atoms with Crippen molar-refractivity contribution in [3.05, 3.63) is 53.3 Å². The Balaban J connectivity index is 2.46. The molecule has 0 spiro atoms. The molecule has 0 N–H and O–H groups in total. The van der Waals surface area contributed by atoms with E-state index in [2.05, 4.69) is 4.98 Å². The number of nitrogens with zero attached hydrogens (tertiary/aromatic N) is 2. The molecule has 2 aromatic rings. The molecule has 2 rings (SSSR count). The Hall–Kier alpha value is -1.96. The summed E-state index contributed by atoms with van der Waals surface area (Å²) in [5.41, 5.74) is 2.68. The number of benzene rings is 1. The van der Waals surface area contributed by atoms with E-state index < -0.39 is 10.0 Å². The Labute approximate surface area is 149 Å². The second kappa shape index (κ2) is 8.42. The summed E-state index contributed by atoms with van der Waals surface area (Å²) in [6.45, 7) is 4.56. The van der Waals surface area contributed by atoms with Gasteiger partial charge in [0.05, 0.1) is 13.7 Å². The van der Waals surface area contributed by atoms with Gasteiger partial charge in [0.1, 0.15) is 10.6 Å². The van der Waals surface area contributed by atoms with Gasteiger partial charge in [0.25, 0.3) is 0 Å². The highest BCUT2D eigenvalue weighted by atomic mass is 32.2. The molecule has 0 amide bonds. The van der Waals surface area contributed by atoms with E-state index in [1.54, 1.807) is 37.7 Å². The van der Waals surface area contributed by atoms with E-state index in [-0.39, 0.29) is 18.0 Å². The lowest BCUT2D eigenvalue weighted by molar-refractivity contribution is 0.177. The molecule has 6 nitrogen and oxygen atoms in total. The third-order valence-corrected chi connectivity index (χ3v) is 5.89. The van der Waals surface area contributed by atoms with Crippen LogP contribution in [0.25, 0.3) is 0 Å². The fraction of sp³-hybridized carbons (Fsp3) is 0.389. The molecular weight excluding hydrogens is 340 g/mol. The minimum Gasteiger partial charge on any atom is -0.495 e. The van der Waals surface area contributed by atoms with Crippen LogP contribution in [-0.4, -0.2) is 45.1 Å². The highest BCUT2D eigenvalue weighted by molar-refractivity contribution is 7.89. The highest BCUT2D eigenvalue weighted by Crippen LogP contribution is 2.30. The Morgan fingerprint density at radius 2 is 1.88 bits per heavy atom. The van der Waals surface area contributed by atoms with Gasteiger partial charge in [0, 0.05) is 32.6 Å². The molecule has 1 heterocycles. The van der Waals surface area contributed by atoms with Crippen LogP contribution in [0.15, 0.2) is 41.6 Å². The number of hydrogen-bond donors (Lipinski definition) is 0. The van der Waals surface area contributed by atoms with Gasteiger partial charge in [-0.25, -0.2) is 8.42 Å². The molecular formula is C18H24N2O4S. The topological polar surface area (TPSA) is 68.7 Å². The largest absolute Gasteiger partial charge is 0.495 e. The first-order valence-corrected chi connectivity index (χ1v) is 9.37. The molecule has 0 saturated heterocycles. The molecule has 7 heteroatoms. The first kappa shape index (κ1) is 19.4. The molecule has 0 aliphatic carbocycles. The number of pyridine rings is 1. The standard InChI is InChI=1S/C18H24N2O4S/c1-14-10-17(24-4)18(11-15(14)2)25(21,22)20(8-9-23-3)13-16-6-5-7-19-12-16/h5-7,10-12H,8-9,13H2,1-4H3. The molecule has 1 aromatic carbocycles. The summed E-state index contributed by atoms with van der Waals surface area (Å²) in [6.07, 6.45) is 3.32. The Morgan fingerprint density at radius 1 is 1.16 bits per heavy atom. The van der Waals surface area contributed by atoms with Crippen LogP contribution in [0, 0.1) is 13.8 Å². The van der Waals surface area contributed by atoms with Gasteiger partial charge in [-0.2, -0.15) is 4.31 Å². The fourth-order valence-corrected chi connectivity index (χ4v) is 4.07. The molecule has 136 valence electrons. The molecule has 25 heavy (non-hydrogen) atoms. The van der Waals surface area contributed by atoms with Crippen LogP contribution in [0.5, 0.6) is 5.75 Å². The van der Waals surface area contributed by atoms with E-state index in [4.69, 9.17) is 9.47 Å². The number of rotatable bonds is 8. The fourth-order valence-electron chi connectivity index (χ4n) is 2.44. The van der Waals surface area contributed by atoms with Gasteiger partial charge in [-0.1, -0.05) is 6.07 Å². The van der Waals surface area contributed by atoms with Gasteiger partial charge in [-0.3, -0.25) is 4.98 Å². The number of sulfonamides is 1. The zero-order chi connectivity index (χ0) is 18.4. The molecule has 0 aliphatic rings. The quantitative estimate of drug-likeness (QED) is 0.720. The zero-order valence-corrected chi connectivity index (χ0v) is 15.8. The summed E-state index contributed by atoms with van der Waals surface area (Å²) in [5.74, 6) is 0.344. The van der Waals surface area contributed by atoms with Crippen LogP contribution in [-0.2, 0) is 21.3 Å². The number of ether oxygens (including phenoxy) is 2. The van der Waals surface area contributed by atoms with Crippen molar-refractivity contribution >= 4 is 10.0 Å². The summed E-state index contributed by atoms with van der Waals surface area (Å²) in [4.78, 5) is 4.22. The Bertz CT molecular complexity index is 807. The number of methoxy groups -OCH3 is 2. The van der Waals surface area contributed by atoms with E-state index in [1.165, 1.54) is 11.4 Å². The SMILES string of the molecule is COCCN(Cc1cccnc1)S(=O)(=O)c1cc(C)c(C)cc1OC. The van der Waals surface area contributed by atoms with Gasteiger partial charge in [-0.05, 0) is 48.7 Å². The van der Waals surface area contributed by atoms with Crippen LogP contribution >= 0.6 is 0 Å². The summed E-state index contributed by atoms with van der Waals surface area (Å²) in [5, 5.41) is 0. The maximum Gasteiger partial charge on any atom is 0.247 e. The maximum absolute atomic E-state index is 13.3. The minimum absolute atomic E-state index is 0.165. The van der Waals surface area contributed by atoms with E-state index in [9.17, 15) is 8.42 Å². The van der Waals surface area contributed by atoms with Gasteiger partial charge in [-0.15, -0.1) is 0 Å². The minimum atomic E-state index is -3.75. The normalized spacial score (nSPS) is 11.7. The molecule has 0 radical (unpaired) electrons. The van der Waals surface area contributed by atoms with E-state index in [0.717, 1.165) is 16.7 Å². The first-order chi connectivity index (χ1) is 11.9. The monoisotopic (exact) mass is 364 g/mol. The second-order valence-corrected chi connectivity index (χ2v) is 7.69.